The van der Waals surface area contributed by atoms with Gasteiger partial charge in [-0.25, -0.2) is 0 Å². The Morgan fingerprint density at radius 3 is 0.960 bits per heavy atom. The van der Waals surface area contributed by atoms with Crippen molar-refractivity contribution >= 4 is 11.9 Å². The Balaban J connectivity index is 3.34. The number of aliphatic hydroxyl groups excluding tert-OH is 2. The average Bonchev–Trinajstić information content (AvgIpc) is 3.41. The zero-order chi connectivity index (χ0) is 54.3. The summed E-state index contributed by atoms with van der Waals surface area (Å²) in [6.07, 6.45) is 80.8. The highest BCUT2D eigenvalue weighted by atomic mass is 16.5. The van der Waals surface area contributed by atoms with Crippen LogP contribution in [0.25, 0.3) is 0 Å². The van der Waals surface area contributed by atoms with Crippen LogP contribution < -0.4 is 5.32 Å². The highest BCUT2D eigenvalue weighted by Gasteiger charge is 2.20. The van der Waals surface area contributed by atoms with Gasteiger partial charge in [-0.15, -0.1) is 0 Å². The fourth-order valence-corrected chi connectivity index (χ4v) is 10.7. The number of hydrogen-bond donors (Lipinski definition) is 3. The van der Waals surface area contributed by atoms with Crippen LogP contribution in [0, 0.1) is 0 Å². The molecule has 0 radical (unpaired) electrons. The summed E-state index contributed by atoms with van der Waals surface area (Å²) in [6, 6.07) is -0.538. The van der Waals surface area contributed by atoms with Gasteiger partial charge in [0, 0.05) is 12.8 Å². The molecule has 2 atom stereocenters. The number of ether oxygens (including phenoxy) is 1. The lowest BCUT2D eigenvalue weighted by Crippen LogP contribution is -2.45. The van der Waals surface area contributed by atoms with E-state index in [4.69, 9.17) is 4.74 Å². The van der Waals surface area contributed by atoms with Gasteiger partial charge in [-0.05, 0) is 77.0 Å². The second-order valence-corrected chi connectivity index (χ2v) is 23.5. The maximum Gasteiger partial charge on any atom is 0.305 e. The number of carbonyl (C=O) groups excluding carboxylic acids is 2. The molecule has 0 rings (SSSR count). The van der Waals surface area contributed by atoms with E-state index >= 15 is 0 Å². The molecule has 6 heteroatoms. The summed E-state index contributed by atoms with van der Waals surface area (Å²) in [6.45, 7) is 4.96. The molecule has 75 heavy (non-hydrogen) atoms. The standard InChI is InChI=1S/C69H133NO5/c1-3-5-7-9-11-13-15-37-41-45-49-53-57-61-67(72)66(65-71)70-68(73)62-58-54-50-46-42-39-35-33-31-29-27-25-23-21-19-17-18-20-22-24-26-28-30-32-34-36-40-44-48-52-56-60-64-75-69(74)63-59-55-51-47-43-38-16-14-12-10-8-6-4-2/h14,16,20,22,66-67,71-72H,3-13,15,17-19,21,23-65H2,1-2H3,(H,70,73)/b16-14-,22-20-. The summed E-state index contributed by atoms with van der Waals surface area (Å²) in [5, 5.41) is 23.3. The highest BCUT2D eigenvalue weighted by Crippen LogP contribution is 2.18. The molecule has 0 spiro atoms. The van der Waals surface area contributed by atoms with Crippen molar-refractivity contribution in [3.05, 3.63) is 24.3 Å². The number of allylic oxidation sites excluding steroid dienone is 4. The van der Waals surface area contributed by atoms with E-state index in [2.05, 4.69) is 43.5 Å². The first-order valence-corrected chi connectivity index (χ1v) is 34.1. The molecule has 0 aromatic rings. The van der Waals surface area contributed by atoms with Crippen LogP contribution in [0.2, 0.25) is 0 Å². The molecular weight excluding hydrogens is 923 g/mol. The Morgan fingerprint density at radius 1 is 0.360 bits per heavy atom. The third-order valence-electron chi connectivity index (χ3n) is 16.0. The first kappa shape index (κ1) is 73.3. The van der Waals surface area contributed by atoms with Crippen LogP contribution >= 0.6 is 0 Å². The summed E-state index contributed by atoms with van der Waals surface area (Å²) >= 11 is 0. The third kappa shape index (κ3) is 61.4. The zero-order valence-electron chi connectivity index (χ0n) is 50.8. The molecule has 0 bridgehead atoms. The van der Waals surface area contributed by atoms with E-state index < -0.39 is 12.1 Å². The van der Waals surface area contributed by atoms with Crippen molar-refractivity contribution in [2.24, 2.45) is 0 Å². The Labute approximate surface area is 469 Å². The maximum absolute atomic E-state index is 12.5. The molecule has 6 nitrogen and oxygen atoms in total. The number of carbonyl (C=O) groups is 2. The van der Waals surface area contributed by atoms with E-state index in [9.17, 15) is 19.8 Å². The van der Waals surface area contributed by atoms with Crippen LogP contribution in [0.5, 0.6) is 0 Å². The predicted molar refractivity (Wildman–Crippen MR) is 329 cm³/mol. The van der Waals surface area contributed by atoms with Crippen molar-refractivity contribution in [3.63, 3.8) is 0 Å². The van der Waals surface area contributed by atoms with Gasteiger partial charge in [0.15, 0.2) is 0 Å². The first-order chi connectivity index (χ1) is 37.0. The van der Waals surface area contributed by atoms with E-state index in [0.29, 0.717) is 25.9 Å². The minimum atomic E-state index is -0.661. The van der Waals surface area contributed by atoms with Crippen molar-refractivity contribution in [3.8, 4) is 0 Å². The molecule has 0 aliphatic carbocycles. The molecule has 0 heterocycles. The predicted octanol–water partition coefficient (Wildman–Crippen LogP) is 21.8. The molecule has 2 unspecified atom stereocenters. The molecule has 0 saturated carbocycles. The van der Waals surface area contributed by atoms with Crippen molar-refractivity contribution in [1.29, 1.82) is 0 Å². The fraction of sp³-hybridized carbons (Fsp3) is 0.913. The second kappa shape index (κ2) is 64.9. The fourth-order valence-electron chi connectivity index (χ4n) is 10.7. The van der Waals surface area contributed by atoms with Crippen LogP contribution in [0.3, 0.4) is 0 Å². The van der Waals surface area contributed by atoms with Gasteiger partial charge in [0.25, 0.3) is 0 Å². The SMILES string of the molecule is CCCCCC/C=C\CCCCCCCC(=O)OCCCCCCCCCCCCCC/C=C\CCCCCCCCCCCCCCCCCCC(=O)NC(CO)C(O)CCCCCCCCCCCCCCC. The Kier molecular flexibility index (Phi) is 63.4. The summed E-state index contributed by atoms with van der Waals surface area (Å²) in [5.41, 5.74) is 0. The molecule has 0 aliphatic heterocycles. The molecular formula is C69H133NO5. The van der Waals surface area contributed by atoms with Gasteiger partial charge in [-0.3, -0.25) is 9.59 Å². The minimum Gasteiger partial charge on any atom is -0.466 e. The quantitative estimate of drug-likeness (QED) is 0.0320. The highest BCUT2D eigenvalue weighted by molar-refractivity contribution is 5.76. The Hall–Kier alpha value is -1.66. The van der Waals surface area contributed by atoms with Crippen molar-refractivity contribution < 1.29 is 24.5 Å². The van der Waals surface area contributed by atoms with Gasteiger partial charge in [0.1, 0.15) is 0 Å². The number of esters is 1. The molecule has 1 amide bonds. The van der Waals surface area contributed by atoms with Gasteiger partial charge >= 0.3 is 5.97 Å². The van der Waals surface area contributed by atoms with Crippen LogP contribution in [-0.4, -0.2) is 47.4 Å². The molecule has 0 saturated heterocycles. The first-order valence-electron chi connectivity index (χ1n) is 34.1. The van der Waals surface area contributed by atoms with Crippen molar-refractivity contribution in [1.82, 2.24) is 5.32 Å². The minimum absolute atomic E-state index is 0.00930. The van der Waals surface area contributed by atoms with E-state index in [1.165, 1.54) is 302 Å². The number of amides is 1. The van der Waals surface area contributed by atoms with Gasteiger partial charge in [-0.1, -0.05) is 314 Å². The van der Waals surface area contributed by atoms with Gasteiger partial charge in [-0.2, -0.15) is 0 Å². The van der Waals surface area contributed by atoms with Crippen LogP contribution in [0.4, 0.5) is 0 Å². The molecule has 444 valence electrons. The largest absolute Gasteiger partial charge is 0.466 e. The number of aliphatic hydroxyl groups is 2. The van der Waals surface area contributed by atoms with E-state index in [-0.39, 0.29) is 18.5 Å². The topological polar surface area (TPSA) is 95.9 Å². The number of rotatable bonds is 64. The summed E-state index contributed by atoms with van der Waals surface area (Å²) < 4.78 is 5.48. The summed E-state index contributed by atoms with van der Waals surface area (Å²) in [7, 11) is 0. The van der Waals surface area contributed by atoms with Crippen LogP contribution in [0.1, 0.15) is 380 Å². The smallest absolute Gasteiger partial charge is 0.305 e. The molecule has 0 aromatic heterocycles. The monoisotopic (exact) mass is 1060 g/mol. The van der Waals surface area contributed by atoms with Crippen LogP contribution in [-0.2, 0) is 14.3 Å². The molecule has 3 N–H and O–H groups in total. The van der Waals surface area contributed by atoms with Crippen molar-refractivity contribution in [2.45, 2.75) is 392 Å². The van der Waals surface area contributed by atoms with Crippen molar-refractivity contribution in [2.75, 3.05) is 13.2 Å². The number of hydrogen-bond acceptors (Lipinski definition) is 5. The van der Waals surface area contributed by atoms with E-state index in [1.54, 1.807) is 0 Å². The van der Waals surface area contributed by atoms with Gasteiger partial charge in [0.2, 0.25) is 5.91 Å². The lowest BCUT2D eigenvalue weighted by molar-refractivity contribution is -0.143. The summed E-state index contributed by atoms with van der Waals surface area (Å²) in [4.78, 5) is 24.5. The maximum atomic E-state index is 12.5. The molecule has 0 aliphatic rings. The number of unbranched alkanes of at least 4 members (excludes halogenated alkanes) is 49. The normalized spacial score (nSPS) is 12.6. The lowest BCUT2D eigenvalue weighted by atomic mass is 10.0. The van der Waals surface area contributed by atoms with E-state index in [0.717, 1.165) is 44.9 Å². The Morgan fingerprint density at radius 2 is 0.627 bits per heavy atom. The van der Waals surface area contributed by atoms with E-state index in [1.807, 2.05) is 0 Å². The van der Waals surface area contributed by atoms with Crippen LogP contribution in [0.15, 0.2) is 24.3 Å². The Bertz CT molecular complexity index is 1170. The lowest BCUT2D eigenvalue weighted by Gasteiger charge is -2.22. The average molecular weight is 1060 g/mol. The molecule has 0 fully saturated rings. The number of nitrogens with one attached hydrogen (secondary N) is 1. The second-order valence-electron chi connectivity index (χ2n) is 23.5. The summed E-state index contributed by atoms with van der Waals surface area (Å²) in [5.74, 6) is -0.0212. The third-order valence-corrected chi connectivity index (χ3v) is 16.0. The molecule has 0 aromatic carbocycles. The van der Waals surface area contributed by atoms with Gasteiger partial charge in [0.05, 0.1) is 25.4 Å². The zero-order valence-corrected chi connectivity index (χ0v) is 50.8. The van der Waals surface area contributed by atoms with Gasteiger partial charge < -0.3 is 20.3 Å².